The fourth-order valence-corrected chi connectivity index (χ4v) is 3.98. The van der Waals surface area contributed by atoms with Gasteiger partial charge in [0, 0.05) is 43.4 Å². The van der Waals surface area contributed by atoms with E-state index in [9.17, 15) is 23.1 Å². The van der Waals surface area contributed by atoms with E-state index >= 15 is 0 Å². The number of carboxylic acids is 1. The molecule has 2 aromatic heterocycles. The van der Waals surface area contributed by atoms with Gasteiger partial charge in [0.2, 0.25) is 0 Å². The van der Waals surface area contributed by atoms with Crippen molar-refractivity contribution >= 4 is 40.7 Å². The molecule has 13 heteroatoms. The summed E-state index contributed by atoms with van der Waals surface area (Å²) in [6, 6.07) is 14.8. The highest BCUT2D eigenvalue weighted by atomic mass is 35.5. The molecule has 0 atom stereocenters. The first-order valence-electron chi connectivity index (χ1n) is 11.9. The lowest BCUT2D eigenvalue weighted by atomic mass is 9.96. The number of aromatic nitrogens is 2. The minimum absolute atomic E-state index is 0.0463. The Bertz CT molecular complexity index is 1250. The summed E-state index contributed by atoms with van der Waals surface area (Å²) < 4.78 is 31.7. The van der Waals surface area contributed by atoms with E-state index in [1.54, 1.807) is 24.4 Å². The van der Waals surface area contributed by atoms with Crippen molar-refractivity contribution in [3.63, 3.8) is 0 Å². The minimum atomic E-state index is -5.08. The molecule has 0 spiro atoms. The molecular weight excluding hydrogens is 539 g/mol. The van der Waals surface area contributed by atoms with E-state index in [1.807, 2.05) is 30.3 Å². The number of carbonyl (C=O) groups is 2. The second kappa shape index (κ2) is 13.8. The molecule has 4 rings (SSSR count). The number of piperidine rings is 1. The van der Waals surface area contributed by atoms with Gasteiger partial charge in [-0.3, -0.25) is 9.78 Å². The molecular formula is C26H27ClF3N5O4. The lowest BCUT2D eigenvalue weighted by Crippen LogP contribution is -2.36. The van der Waals surface area contributed by atoms with Crippen LogP contribution in [0.1, 0.15) is 28.9 Å². The van der Waals surface area contributed by atoms with Crippen molar-refractivity contribution in [1.29, 1.82) is 0 Å². The Labute approximate surface area is 227 Å². The van der Waals surface area contributed by atoms with Crippen LogP contribution in [0.4, 0.5) is 30.4 Å². The Hall–Kier alpha value is -3.90. The highest BCUT2D eigenvalue weighted by molar-refractivity contribution is 6.30. The SMILES string of the molecule is O=C(Nc1ccc(Cl)cn1)c1ccccc1NCC1CCN(c2ccnc(CO)c2)CC1.O=C(O)C(F)(F)F. The lowest BCUT2D eigenvalue weighted by molar-refractivity contribution is -0.192. The molecule has 3 heterocycles. The Morgan fingerprint density at radius 3 is 2.38 bits per heavy atom. The van der Waals surface area contributed by atoms with E-state index in [-0.39, 0.29) is 12.5 Å². The zero-order valence-corrected chi connectivity index (χ0v) is 21.4. The summed E-state index contributed by atoms with van der Waals surface area (Å²) in [5.41, 5.74) is 3.18. The van der Waals surface area contributed by atoms with Crippen molar-refractivity contribution in [3.05, 3.63) is 77.2 Å². The van der Waals surface area contributed by atoms with Gasteiger partial charge in [-0.2, -0.15) is 13.2 Å². The largest absolute Gasteiger partial charge is 0.490 e. The number of aliphatic hydroxyl groups is 1. The summed E-state index contributed by atoms with van der Waals surface area (Å²) in [4.78, 5) is 32.3. The summed E-state index contributed by atoms with van der Waals surface area (Å²) in [6.45, 7) is 2.65. The van der Waals surface area contributed by atoms with Gasteiger partial charge in [-0.25, -0.2) is 9.78 Å². The third-order valence-corrected chi connectivity index (χ3v) is 6.13. The number of halogens is 4. The number of para-hydroxylation sites is 1. The highest BCUT2D eigenvalue weighted by Crippen LogP contribution is 2.25. The second-order valence-corrected chi connectivity index (χ2v) is 9.08. The highest BCUT2D eigenvalue weighted by Gasteiger charge is 2.38. The summed E-state index contributed by atoms with van der Waals surface area (Å²) in [6.07, 6.45) is 0.264. The van der Waals surface area contributed by atoms with Crippen LogP contribution in [0.15, 0.2) is 60.9 Å². The van der Waals surface area contributed by atoms with Crippen LogP contribution in [0.2, 0.25) is 5.02 Å². The minimum Gasteiger partial charge on any atom is -0.475 e. The molecule has 1 aromatic carbocycles. The summed E-state index contributed by atoms with van der Waals surface area (Å²) in [5, 5.41) is 23.2. The van der Waals surface area contributed by atoms with Gasteiger partial charge in [-0.15, -0.1) is 0 Å². The first-order chi connectivity index (χ1) is 18.6. The number of amides is 1. The van der Waals surface area contributed by atoms with Gasteiger partial charge in [-0.1, -0.05) is 23.7 Å². The van der Waals surface area contributed by atoms with Gasteiger partial charge in [0.1, 0.15) is 5.82 Å². The number of rotatable bonds is 7. The molecule has 0 bridgehead atoms. The van der Waals surface area contributed by atoms with Crippen LogP contribution >= 0.6 is 11.6 Å². The average molecular weight is 566 g/mol. The predicted molar refractivity (Wildman–Crippen MR) is 141 cm³/mol. The molecule has 1 amide bonds. The Morgan fingerprint density at radius 1 is 1.08 bits per heavy atom. The van der Waals surface area contributed by atoms with Crippen molar-refractivity contribution in [1.82, 2.24) is 9.97 Å². The van der Waals surface area contributed by atoms with Gasteiger partial charge in [-0.05, 0) is 55.2 Å². The number of carboxylic acid groups (broad SMARTS) is 1. The fourth-order valence-electron chi connectivity index (χ4n) is 3.87. The normalized spacial score (nSPS) is 13.7. The number of benzene rings is 1. The molecule has 4 N–H and O–H groups in total. The standard InChI is InChI=1S/C24H26ClN5O2.C2HF3O2/c25-18-5-6-23(28-15-18)29-24(32)21-3-1-2-4-22(21)27-14-17-8-11-30(12-9-17)20-7-10-26-19(13-20)16-31;3-2(4,5)1(6)7/h1-7,10,13,15,17,27,31H,8-9,11-12,14,16H2,(H,28,29,32);(H,6,7). The first-order valence-corrected chi connectivity index (χ1v) is 12.3. The number of aliphatic carboxylic acids is 1. The summed E-state index contributed by atoms with van der Waals surface area (Å²) in [7, 11) is 0. The Kier molecular flexibility index (Phi) is 10.5. The number of carbonyl (C=O) groups excluding carboxylic acids is 1. The summed E-state index contributed by atoms with van der Waals surface area (Å²) >= 11 is 5.86. The maximum atomic E-state index is 12.8. The third kappa shape index (κ3) is 9.11. The van der Waals surface area contributed by atoms with Crippen molar-refractivity contribution < 1.29 is 33.0 Å². The average Bonchev–Trinajstić information content (AvgIpc) is 2.93. The van der Waals surface area contributed by atoms with Crippen molar-refractivity contribution in [2.75, 3.05) is 35.2 Å². The number of aliphatic hydroxyl groups excluding tert-OH is 1. The second-order valence-electron chi connectivity index (χ2n) is 8.64. The molecule has 0 unspecified atom stereocenters. The number of pyridine rings is 2. The van der Waals surface area contributed by atoms with Gasteiger partial charge in [0.25, 0.3) is 5.91 Å². The van der Waals surface area contributed by atoms with Gasteiger partial charge in [0.05, 0.1) is 22.9 Å². The maximum Gasteiger partial charge on any atom is 0.490 e. The monoisotopic (exact) mass is 565 g/mol. The van der Waals surface area contributed by atoms with Gasteiger partial charge in [0.15, 0.2) is 0 Å². The maximum absolute atomic E-state index is 12.8. The van der Waals surface area contributed by atoms with Crippen LogP contribution in [-0.4, -0.2) is 57.9 Å². The molecule has 39 heavy (non-hydrogen) atoms. The van der Waals surface area contributed by atoms with Crippen molar-refractivity contribution in [3.8, 4) is 0 Å². The number of nitrogens with one attached hydrogen (secondary N) is 2. The van der Waals surface area contributed by atoms with Crippen LogP contribution < -0.4 is 15.5 Å². The Balaban J connectivity index is 0.000000532. The van der Waals surface area contributed by atoms with Crippen molar-refractivity contribution in [2.45, 2.75) is 25.6 Å². The van der Waals surface area contributed by atoms with Gasteiger partial charge < -0.3 is 25.7 Å². The topological polar surface area (TPSA) is 128 Å². The Morgan fingerprint density at radius 2 is 1.77 bits per heavy atom. The van der Waals surface area contributed by atoms with Crippen LogP contribution in [0.5, 0.6) is 0 Å². The molecule has 0 radical (unpaired) electrons. The zero-order valence-electron chi connectivity index (χ0n) is 20.7. The molecule has 208 valence electrons. The number of hydrogen-bond acceptors (Lipinski definition) is 7. The van der Waals surface area contributed by atoms with Crippen LogP contribution in [0, 0.1) is 5.92 Å². The lowest BCUT2D eigenvalue weighted by Gasteiger charge is -2.34. The predicted octanol–water partition coefficient (Wildman–Crippen LogP) is 4.84. The van der Waals surface area contributed by atoms with E-state index < -0.39 is 12.1 Å². The van der Waals surface area contributed by atoms with Crippen LogP contribution in [-0.2, 0) is 11.4 Å². The molecule has 3 aromatic rings. The fraction of sp³-hybridized carbons (Fsp3) is 0.308. The first kappa shape index (κ1) is 29.7. The van der Waals surface area contributed by atoms with E-state index in [1.165, 1.54) is 6.20 Å². The molecule has 1 aliphatic heterocycles. The molecule has 1 saturated heterocycles. The molecule has 0 saturated carbocycles. The zero-order chi connectivity index (χ0) is 28.4. The van der Waals surface area contributed by atoms with E-state index in [2.05, 4.69) is 25.5 Å². The molecule has 1 aliphatic rings. The number of alkyl halides is 3. The number of hydrogen-bond donors (Lipinski definition) is 4. The quantitative estimate of drug-likeness (QED) is 0.321. The van der Waals surface area contributed by atoms with Gasteiger partial charge >= 0.3 is 12.1 Å². The van der Waals surface area contributed by atoms with E-state index in [0.717, 1.165) is 43.9 Å². The smallest absolute Gasteiger partial charge is 0.475 e. The van der Waals surface area contributed by atoms with E-state index in [4.69, 9.17) is 21.5 Å². The van der Waals surface area contributed by atoms with Crippen molar-refractivity contribution in [2.24, 2.45) is 5.92 Å². The molecule has 0 aliphatic carbocycles. The third-order valence-electron chi connectivity index (χ3n) is 5.91. The van der Waals surface area contributed by atoms with E-state index in [0.29, 0.717) is 28.0 Å². The van der Waals surface area contributed by atoms with Crippen LogP contribution in [0.25, 0.3) is 0 Å². The number of nitrogens with zero attached hydrogens (tertiary/aromatic N) is 3. The number of anilines is 3. The molecule has 9 nitrogen and oxygen atoms in total. The summed E-state index contributed by atoms with van der Waals surface area (Å²) in [5.74, 6) is -2.00. The van der Waals surface area contributed by atoms with Crippen LogP contribution in [0.3, 0.4) is 0 Å². The molecule has 1 fully saturated rings.